The number of hydrogen-bond donors (Lipinski definition) is 0. The lowest BCUT2D eigenvalue weighted by molar-refractivity contribution is -0.678. The van der Waals surface area contributed by atoms with E-state index in [1.165, 1.54) is 0 Å². The minimum absolute atomic E-state index is 0.581. The second-order valence-corrected chi connectivity index (χ2v) is 4.32. The summed E-state index contributed by atoms with van der Waals surface area (Å²) in [5.74, 6) is 0.581. The normalized spacial score (nSPS) is 10.3. The smallest absolute Gasteiger partial charge is 0.195 e. The number of aryl methyl sites for hydroxylation is 1. The van der Waals surface area contributed by atoms with Crippen LogP contribution in [0.5, 0.6) is 0 Å². The Hall–Kier alpha value is -0.650. The molecule has 80 valence electrons. The number of rotatable bonds is 1. The first-order valence-corrected chi connectivity index (χ1v) is 6.10. The Kier molecular flexibility index (Phi) is 5.68. The largest absolute Gasteiger partial charge is 0.748 e. The molecule has 0 atom stereocenters. The van der Waals surface area contributed by atoms with Gasteiger partial charge in [-0.25, -0.2) is 13.0 Å². The highest BCUT2D eigenvalue weighted by Crippen LogP contribution is 1.93. The molecule has 0 unspecified atom stereocenters. The number of halogens is 1. The van der Waals surface area contributed by atoms with Gasteiger partial charge in [0.15, 0.2) is 11.9 Å². The van der Waals surface area contributed by atoms with E-state index in [0.29, 0.717) is 12.1 Å². The van der Waals surface area contributed by atoms with E-state index in [9.17, 15) is 0 Å². The van der Waals surface area contributed by atoms with Gasteiger partial charge in [0.2, 0.25) is 0 Å². The van der Waals surface area contributed by atoms with Crippen LogP contribution in [0.1, 0.15) is 5.69 Å². The van der Waals surface area contributed by atoms with Crippen LogP contribution >= 0.6 is 11.6 Å². The molecule has 0 fully saturated rings. The summed E-state index contributed by atoms with van der Waals surface area (Å²) in [6, 6.07) is 5.97. The van der Waals surface area contributed by atoms with E-state index in [1.54, 1.807) is 0 Å². The summed E-state index contributed by atoms with van der Waals surface area (Å²) in [6.45, 7) is 0. The Balaban J connectivity index is 0.000000292. The molecule has 1 aromatic rings. The van der Waals surface area contributed by atoms with E-state index in [0.717, 1.165) is 5.69 Å². The number of pyridine rings is 1. The van der Waals surface area contributed by atoms with Gasteiger partial charge in [-0.05, 0) is 0 Å². The van der Waals surface area contributed by atoms with Crippen LogP contribution in [0.15, 0.2) is 24.4 Å². The molecule has 14 heavy (non-hydrogen) atoms. The molecule has 0 radical (unpaired) electrons. The summed E-state index contributed by atoms with van der Waals surface area (Å²) in [5, 5.41) is 0. The molecule has 0 aliphatic heterocycles. The first-order valence-electron chi connectivity index (χ1n) is 3.75. The van der Waals surface area contributed by atoms with Crippen molar-refractivity contribution in [2.24, 2.45) is 7.05 Å². The minimum Gasteiger partial charge on any atom is -0.748 e. The topological polar surface area (TPSA) is 61.1 Å². The summed E-state index contributed by atoms with van der Waals surface area (Å²) < 4.78 is 29.2. The molecule has 0 N–H and O–H groups in total. The van der Waals surface area contributed by atoms with E-state index in [1.807, 2.05) is 36.0 Å². The molecule has 0 amide bonds. The highest BCUT2D eigenvalue weighted by atomic mass is 35.5. The third-order valence-corrected chi connectivity index (χ3v) is 1.57. The maximum absolute atomic E-state index is 9.08. The second-order valence-electron chi connectivity index (χ2n) is 2.64. The van der Waals surface area contributed by atoms with E-state index >= 15 is 0 Å². The lowest BCUT2D eigenvalue weighted by Crippen LogP contribution is -2.31. The van der Waals surface area contributed by atoms with Gasteiger partial charge in [-0.3, -0.25) is 0 Å². The molecule has 6 heteroatoms. The van der Waals surface area contributed by atoms with Crippen LogP contribution in [0.2, 0.25) is 0 Å². The molecule has 4 nitrogen and oxygen atoms in total. The quantitative estimate of drug-likeness (QED) is 0.404. The van der Waals surface area contributed by atoms with Gasteiger partial charge in [0, 0.05) is 18.4 Å². The number of hydrogen-bond acceptors (Lipinski definition) is 3. The molecule has 0 bridgehead atoms. The van der Waals surface area contributed by atoms with Crippen LogP contribution in [0.4, 0.5) is 0 Å². The van der Waals surface area contributed by atoms with Crippen molar-refractivity contribution in [3.63, 3.8) is 0 Å². The molecule has 0 spiro atoms. The molecule has 0 aliphatic carbocycles. The molecule has 1 rings (SSSR count). The predicted molar refractivity (Wildman–Crippen MR) is 52.8 cm³/mol. The van der Waals surface area contributed by atoms with Crippen LogP contribution < -0.4 is 4.57 Å². The SMILES string of the molecule is CS(=O)(=O)[O-].C[n+]1ccccc1CCl. The average molecular weight is 238 g/mol. The lowest BCUT2D eigenvalue weighted by Gasteiger charge is -1.90. The van der Waals surface area contributed by atoms with E-state index in [4.69, 9.17) is 24.6 Å². The van der Waals surface area contributed by atoms with Crippen molar-refractivity contribution in [2.75, 3.05) is 6.26 Å². The Morgan fingerprint density at radius 1 is 1.50 bits per heavy atom. The van der Waals surface area contributed by atoms with Gasteiger partial charge in [-0.1, -0.05) is 6.07 Å². The Morgan fingerprint density at radius 3 is 2.29 bits per heavy atom. The Bertz CT molecular complexity index is 370. The summed E-state index contributed by atoms with van der Waals surface area (Å²) in [7, 11) is -1.93. The standard InChI is InChI=1S/C7H9ClN.CH4O3S/c1-9-5-3-2-4-7(9)6-8;1-5(2,3)4/h2-5H,6H2,1H3;1H3,(H,2,3,4)/q+1;/p-1. The average Bonchev–Trinajstić information content (AvgIpc) is 2.02. The molecule has 0 saturated carbocycles. The van der Waals surface area contributed by atoms with E-state index in [-0.39, 0.29) is 0 Å². The second kappa shape index (κ2) is 5.95. The zero-order valence-electron chi connectivity index (χ0n) is 7.97. The van der Waals surface area contributed by atoms with Crippen molar-refractivity contribution in [2.45, 2.75) is 5.88 Å². The van der Waals surface area contributed by atoms with Crippen LogP contribution in [-0.2, 0) is 23.0 Å². The molecule has 1 aromatic heterocycles. The van der Waals surface area contributed by atoms with E-state index in [2.05, 4.69) is 0 Å². The summed E-state index contributed by atoms with van der Waals surface area (Å²) in [5.41, 5.74) is 1.14. The van der Waals surface area contributed by atoms with Crippen molar-refractivity contribution < 1.29 is 17.5 Å². The summed E-state index contributed by atoms with van der Waals surface area (Å²) >= 11 is 5.61. The van der Waals surface area contributed by atoms with Gasteiger partial charge in [0.25, 0.3) is 0 Å². The minimum atomic E-state index is -3.92. The highest BCUT2D eigenvalue weighted by Gasteiger charge is 1.99. The number of nitrogens with zero attached hydrogens (tertiary/aromatic N) is 1. The van der Waals surface area contributed by atoms with Crippen molar-refractivity contribution in [3.05, 3.63) is 30.1 Å². The van der Waals surface area contributed by atoms with Crippen molar-refractivity contribution >= 4 is 21.7 Å². The highest BCUT2D eigenvalue weighted by molar-refractivity contribution is 7.84. The fourth-order valence-corrected chi connectivity index (χ4v) is 0.975. The van der Waals surface area contributed by atoms with Crippen molar-refractivity contribution in [3.8, 4) is 0 Å². The lowest BCUT2D eigenvalue weighted by atomic mass is 10.4. The summed E-state index contributed by atoms with van der Waals surface area (Å²) in [4.78, 5) is 0. The van der Waals surface area contributed by atoms with Gasteiger partial charge < -0.3 is 4.55 Å². The van der Waals surface area contributed by atoms with Crippen LogP contribution in [0.3, 0.4) is 0 Å². The first kappa shape index (κ1) is 13.4. The third-order valence-electron chi connectivity index (χ3n) is 1.30. The maximum Gasteiger partial charge on any atom is 0.195 e. The van der Waals surface area contributed by atoms with Gasteiger partial charge in [0.1, 0.15) is 12.9 Å². The third kappa shape index (κ3) is 7.97. The van der Waals surface area contributed by atoms with E-state index < -0.39 is 10.1 Å². The maximum atomic E-state index is 9.08. The van der Waals surface area contributed by atoms with Crippen molar-refractivity contribution in [1.82, 2.24) is 0 Å². The van der Waals surface area contributed by atoms with Crippen LogP contribution in [0.25, 0.3) is 0 Å². The van der Waals surface area contributed by atoms with Gasteiger partial charge in [0.05, 0.1) is 10.1 Å². The molecule has 0 saturated heterocycles. The van der Waals surface area contributed by atoms with Crippen molar-refractivity contribution in [1.29, 1.82) is 0 Å². The van der Waals surface area contributed by atoms with Crippen LogP contribution in [0, 0.1) is 0 Å². The van der Waals surface area contributed by atoms with Gasteiger partial charge >= 0.3 is 0 Å². The molecular weight excluding hydrogens is 226 g/mol. The summed E-state index contributed by atoms with van der Waals surface area (Å²) in [6.07, 6.45) is 2.59. The molecule has 0 aromatic carbocycles. The molecule has 0 aliphatic rings. The molecular formula is C8H12ClNO3S. The van der Waals surface area contributed by atoms with Gasteiger partial charge in [-0.15, -0.1) is 11.6 Å². The zero-order chi connectivity index (χ0) is 11.2. The first-order chi connectivity index (χ1) is 6.34. The van der Waals surface area contributed by atoms with Crippen LogP contribution in [-0.4, -0.2) is 19.2 Å². The zero-order valence-corrected chi connectivity index (χ0v) is 9.55. The monoisotopic (exact) mass is 237 g/mol. The number of aromatic nitrogens is 1. The Labute approximate surface area is 88.9 Å². The van der Waals surface area contributed by atoms with Gasteiger partial charge in [-0.2, -0.15) is 0 Å². The fraction of sp³-hybridized carbons (Fsp3) is 0.375. The molecule has 1 heterocycles. The Morgan fingerprint density at radius 2 is 2.00 bits per heavy atom. The fourth-order valence-electron chi connectivity index (χ4n) is 0.698. The number of alkyl halides is 1. The predicted octanol–water partition coefficient (Wildman–Crippen LogP) is 0.411.